The summed E-state index contributed by atoms with van der Waals surface area (Å²) in [6, 6.07) is 0. The van der Waals surface area contributed by atoms with Crippen LogP contribution in [0.3, 0.4) is 0 Å². The lowest BCUT2D eigenvalue weighted by Crippen LogP contribution is -2.52. The standard InChI is InChI=1S/C9H17NO/c1-3-6-9(2)8(11)5-4-7-10-9/h10H,3-7H2,1-2H3/t9-/m0/s1. The third-order valence-corrected chi connectivity index (χ3v) is 2.46. The molecule has 1 rings (SSSR count). The Morgan fingerprint density at radius 3 is 2.91 bits per heavy atom. The van der Waals surface area contributed by atoms with E-state index in [1.165, 1.54) is 0 Å². The van der Waals surface area contributed by atoms with Crippen LogP contribution in [0, 0.1) is 0 Å². The van der Waals surface area contributed by atoms with Gasteiger partial charge in [-0.05, 0) is 26.3 Å². The Morgan fingerprint density at radius 2 is 2.36 bits per heavy atom. The van der Waals surface area contributed by atoms with E-state index < -0.39 is 0 Å². The van der Waals surface area contributed by atoms with Gasteiger partial charge < -0.3 is 5.32 Å². The van der Waals surface area contributed by atoms with Crippen LogP contribution in [0.5, 0.6) is 0 Å². The molecule has 0 spiro atoms. The van der Waals surface area contributed by atoms with Crippen LogP contribution in [0.25, 0.3) is 0 Å². The molecule has 1 aliphatic heterocycles. The molecule has 1 fully saturated rings. The normalized spacial score (nSPS) is 32.4. The van der Waals surface area contributed by atoms with Gasteiger partial charge in [-0.15, -0.1) is 0 Å². The summed E-state index contributed by atoms with van der Waals surface area (Å²) in [5, 5.41) is 3.30. The van der Waals surface area contributed by atoms with Crippen molar-refractivity contribution in [3.63, 3.8) is 0 Å². The molecule has 0 unspecified atom stereocenters. The van der Waals surface area contributed by atoms with E-state index >= 15 is 0 Å². The number of ketones is 1. The molecule has 0 bridgehead atoms. The van der Waals surface area contributed by atoms with Gasteiger partial charge in [0.25, 0.3) is 0 Å². The topological polar surface area (TPSA) is 29.1 Å². The molecule has 0 aromatic heterocycles. The van der Waals surface area contributed by atoms with Gasteiger partial charge >= 0.3 is 0 Å². The number of nitrogens with one attached hydrogen (secondary N) is 1. The minimum atomic E-state index is -0.201. The fourth-order valence-corrected chi connectivity index (χ4v) is 1.72. The maximum Gasteiger partial charge on any atom is 0.152 e. The molecule has 0 aromatic carbocycles. The quantitative estimate of drug-likeness (QED) is 0.654. The summed E-state index contributed by atoms with van der Waals surface area (Å²) in [5.74, 6) is 0.394. The van der Waals surface area contributed by atoms with Crippen LogP contribution in [0.4, 0.5) is 0 Å². The smallest absolute Gasteiger partial charge is 0.152 e. The highest BCUT2D eigenvalue weighted by atomic mass is 16.1. The van der Waals surface area contributed by atoms with Crippen LogP contribution in [0.15, 0.2) is 0 Å². The van der Waals surface area contributed by atoms with E-state index in [1.807, 2.05) is 6.92 Å². The van der Waals surface area contributed by atoms with E-state index in [-0.39, 0.29) is 5.54 Å². The SMILES string of the molecule is CCC[C@]1(C)NCCCC1=O. The number of Topliss-reactive ketones (excluding diaryl/α,β-unsaturated/α-hetero) is 1. The van der Waals surface area contributed by atoms with Gasteiger partial charge in [-0.25, -0.2) is 0 Å². The Labute approximate surface area is 68.4 Å². The third kappa shape index (κ3) is 1.80. The number of piperidine rings is 1. The molecule has 0 aliphatic carbocycles. The minimum absolute atomic E-state index is 0.201. The molecule has 0 saturated carbocycles. The molecule has 11 heavy (non-hydrogen) atoms. The number of hydrogen-bond acceptors (Lipinski definition) is 2. The van der Waals surface area contributed by atoms with Crippen molar-refractivity contribution in [1.82, 2.24) is 5.32 Å². The minimum Gasteiger partial charge on any atom is -0.305 e. The van der Waals surface area contributed by atoms with Crippen LogP contribution < -0.4 is 5.32 Å². The van der Waals surface area contributed by atoms with E-state index in [0.717, 1.165) is 32.2 Å². The van der Waals surface area contributed by atoms with Crippen molar-refractivity contribution in [3.05, 3.63) is 0 Å². The summed E-state index contributed by atoms with van der Waals surface area (Å²) >= 11 is 0. The molecule has 0 radical (unpaired) electrons. The molecule has 2 heteroatoms. The highest BCUT2D eigenvalue weighted by Crippen LogP contribution is 2.19. The van der Waals surface area contributed by atoms with E-state index in [0.29, 0.717) is 5.78 Å². The highest BCUT2D eigenvalue weighted by molar-refractivity contribution is 5.88. The molecule has 64 valence electrons. The van der Waals surface area contributed by atoms with E-state index in [2.05, 4.69) is 12.2 Å². The third-order valence-electron chi connectivity index (χ3n) is 2.46. The van der Waals surface area contributed by atoms with Crippen LogP contribution >= 0.6 is 0 Å². The zero-order chi connectivity index (χ0) is 8.32. The van der Waals surface area contributed by atoms with Crippen molar-refractivity contribution in [3.8, 4) is 0 Å². The van der Waals surface area contributed by atoms with E-state index in [1.54, 1.807) is 0 Å². The molecule has 1 heterocycles. The summed E-state index contributed by atoms with van der Waals surface area (Å²) in [6.45, 7) is 5.15. The average molecular weight is 155 g/mol. The average Bonchev–Trinajstić information content (AvgIpc) is 1.96. The molecule has 2 nitrogen and oxygen atoms in total. The zero-order valence-electron chi connectivity index (χ0n) is 7.44. The summed E-state index contributed by atoms with van der Waals surface area (Å²) in [5.41, 5.74) is -0.201. The van der Waals surface area contributed by atoms with Crippen molar-refractivity contribution in [2.75, 3.05) is 6.54 Å². The first-order chi connectivity index (χ1) is 5.19. The Bertz CT molecular complexity index is 152. The molecular weight excluding hydrogens is 138 g/mol. The molecule has 0 amide bonds. The highest BCUT2D eigenvalue weighted by Gasteiger charge is 2.33. The van der Waals surface area contributed by atoms with Crippen LogP contribution in [0.2, 0.25) is 0 Å². The van der Waals surface area contributed by atoms with Gasteiger partial charge in [0.1, 0.15) is 0 Å². The second kappa shape index (κ2) is 3.35. The second-order valence-corrected chi connectivity index (χ2v) is 3.54. The Hall–Kier alpha value is -0.370. The van der Waals surface area contributed by atoms with Crippen molar-refractivity contribution in [1.29, 1.82) is 0 Å². The molecule has 1 aliphatic rings. The Morgan fingerprint density at radius 1 is 1.64 bits per heavy atom. The monoisotopic (exact) mass is 155 g/mol. The fourth-order valence-electron chi connectivity index (χ4n) is 1.72. The van der Waals surface area contributed by atoms with Gasteiger partial charge in [-0.3, -0.25) is 4.79 Å². The lowest BCUT2D eigenvalue weighted by Gasteiger charge is -2.33. The number of hydrogen-bond donors (Lipinski definition) is 1. The van der Waals surface area contributed by atoms with Crippen molar-refractivity contribution in [2.45, 2.75) is 45.1 Å². The summed E-state index contributed by atoms with van der Waals surface area (Å²) in [4.78, 5) is 11.4. The van der Waals surface area contributed by atoms with Crippen molar-refractivity contribution < 1.29 is 4.79 Å². The van der Waals surface area contributed by atoms with Gasteiger partial charge in [0.2, 0.25) is 0 Å². The second-order valence-electron chi connectivity index (χ2n) is 3.54. The molecule has 1 saturated heterocycles. The van der Waals surface area contributed by atoms with Crippen molar-refractivity contribution in [2.24, 2.45) is 0 Å². The summed E-state index contributed by atoms with van der Waals surface area (Å²) < 4.78 is 0. The number of carbonyl (C=O) groups is 1. The van der Waals surface area contributed by atoms with Gasteiger partial charge in [-0.1, -0.05) is 13.3 Å². The summed E-state index contributed by atoms with van der Waals surface area (Å²) in [6.07, 6.45) is 3.84. The number of rotatable bonds is 2. The number of carbonyl (C=O) groups excluding carboxylic acids is 1. The predicted octanol–water partition coefficient (Wildman–Crippen LogP) is 1.50. The first kappa shape index (κ1) is 8.72. The van der Waals surface area contributed by atoms with Crippen LogP contribution in [0.1, 0.15) is 39.5 Å². The fraction of sp³-hybridized carbons (Fsp3) is 0.889. The van der Waals surface area contributed by atoms with Gasteiger partial charge in [0.15, 0.2) is 5.78 Å². The van der Waals surface area contributed by atoms with Crippen molar-refractivity contribution >= 4 is 5.78 Å². The lowest BCUT2D eigenvalue weighted by atomic mass is 9.86. The zero-order valence-corrected chi connectivity index (χ0v) is 7.44. The Kier molecular flexibility index (Phi) is 2.66. The van der Waals surface area contributed by atoms with Gasteiger partial charge in [0, 0.05) is 6.42 Å². The maximum atomic E-state index is 11.4. The first-order valence-electron chi connectivity index (χ1n) is 4.47. The molecular formula is C9H17NO. The largest absolute Gasteiger partial charge is 0.305 e. The van der Waals surface area contributed by atoms with E-state index in [9.17, 15) is 4.79 Å². The predicted molar refractivity (Wildman–Crippen MR) is 45.6 cm³/mol. The molecule has 1 N–H and O–H groups in total. The summed E-state index contributed by atoms with van der Waals surface area (Å²) in [7, 11) is 0. The molecule has 1 atom stereocenters. The maximum absolute atomic E-state index is 11.4. The molecule has 0 aromatic rings. The lowest BCUT2D eigenvalue weighted by molar-refractivity contribution is -0.126. The van der Waals surface area contributed by atoms with Crippen LogP contribution in [-0.2, 0) is 4.79 Å². The Balaban J connectivity index is 2.57. The van der Waals surface area contributed by atoms with Crippen LogP contribution in [-0.4, -0.2) is 17.9 Å². The van der Waals surface area contributed by atoms with E-state index in [4.69, 9.17) is 0 Å². The van der Waals surface area contributed by atoms with Gasteiger partial charge in [-0.2, -0.15) is 0 Å². The van der Waals surface area contributed by atoms with Gasteiger partial charge in [0.05, 0.1) is 5.54 Å². The first-order valence-corrected chi connectivity index (χ1v) is 4.47.